The summed E-state index contributed by atoms with van der Waals surface area (Å²) in [6.07, 6.45) is -4.45. The van der Waals surface area contributed by atoms with Crippen LogP contribution in [0.15, 0.2) is 47.3 Å². The third kappa shape index (κ3) is 3.50. The first-order chi connectivity index (χ1) is 11.8. The lowest BCUT2D eigenvalue weighted by Crippen LogP contribution is -2.24. The lowest BCUT2D eigenvalue weighted by Gasteiger charge is -2.06. The molecule has 0 radical (unpaired) electrons. The van der Waals surface area contributed by atoms with E-state index in [4.69, 9.17) is 17.3 Å². The second-order valence-corrected chi connectivity index (χ2v) is 5.64. The van der Waals surface area contributed by atoms with Gasteiger partial charge in [-0.2, -0.15) is 22.5 Å². The number of rotatable bonds is 3. The molecular formula is C15H11ClF3N5O. The molecular weight excluding hydrogens is 359 g/mol. The van der Waals surface area contributed by atoms with Gasteiger partial charge in [0.25, 0.3) is 0 Å². The summed E-state index contributed by atoms with van der Waals surface area (Å²) in [7, 11) is 0. The second-order valence-electron chi connectivity index (χ2n) is 5.23. The van der Waals surface area contributed by atoms with Crippen LogP contribution in [0.1, 0.15) is 11.1 Å². The highest BCUT2D eigenvalue weighted by molar-refractivity contribution is 6.33. The molecule has 0 saturated carbocycles. The summed E-state index contributed by atoms with van der Waals surface area (Å²) in [5, 5.41) is 7.77. The summed E-state index contributed by atoms with van der Waals surface area (Å²) in [4.78, 5) is 12.3. The van der Waals surface area contributed by atoms with E-state index in [-0.39, 0.29) is 12.2 Å². The summed E-state index contributed by atoms with van der Waals surface area (Å²) in [5.41, 5.74) is 5.49. The number of halogens is 4. The third-order valence-electron chi connectivity index (χ3n) is 3.48. The molecule has 0 amide bonds. The molecule has 0 atom stereocenters. The molecule has 1 heterocycles. The van der Waals surface area contributed by atoms with Crippen LogP contribution in [0.3, 0.4) is 0 Å². The Kier molecular flexibility index (Phi) is 4.25. The zero-order valence-corrected chi connectivity index (χ0v) is 13.3. The van der Waals surface area contributed by atoms with Crippen molar-refractivity contribution in [3.63, 3.8) is 0 Å². The van der Waals surface area contributed by atoms with Crippen molar-refractivity contribution in [3.8, 4) is 5.69 Å². The largest absolute Gasteiger partial charge is 0.416 e. The number of hydrogen-bond donors (Lipinski definition) is 1. The third-order valence-corrected chi connectivity index (χ3v) is 3.80. The van der Waals surface area contributed by atoms with Crippen LogP contribution < -0.4 is 11.4 Å². The summed E-state index contributed by atoms with van der Waals surface area (Å²) < 4.78 is 39.7. The molecule has 1 aromatic heterocycles. The van der Waals surface area contributed by atoms with E-state index in [9.17, 15) is 18.0 Å². The van der Waals surface area contributed by atoms with Gasteiger partial charge in [0.2, 0.25) is 0 Å². The average molecular weight is 370 g/mol. The molecule has 0 spiro atoms. The molecule has 2 aromatic carbocycles. The van der Waals surface area contributed by atoms with E-state index in [1.54, 1.807) is 18.2 Å². The monoisotopic (exact) mass is 369 g/mol. The van der Waals surface area contributed by atoms with E-state index < -0.39 is 17.4 Å². The van der Waals surface area contributed by atoms with Gasteiger partial charge in [-0.1, -0.05) is 17.7 Å². The van der Waals surface area contributed by atoms with Gasteiger partial charge in [-0.3, -0.25) is 0 Å². The zero-order chi connectivity index (χ0) is 18.2. The topological polar surface area (TPSA) is 78.7 Å². The Morgan fingerprint density at radius 3 is 2.36 bits per heavy atom. The minimum atomic E-state index is -4.45. The van der Waals surface area contributed by atoms with Gasteiger partial charge in [0.05, 0.1) is 28.5 Å². The molecule has 0 unspecified atom stereocenters. The first-order valence-corrected chi connectivity index (χ1v) is 7.38. The van der Waals surface area contributed by atoms with E-state index in [0.29, 0.717) is 16.3 Å². The van der Waals surface area contributed by atoms with Crippen LogP contribution >= 0.6 is 11.6 Å². The van der Waals surface area contributed by atoms with Gasteiger partial charge in [-0.15, -0.1) is 0 Å². The molecule has 3 aromatic rings. The Morgan fingerprint density at radius 1 is 1.08 bits per heavy atom. The molecule has 2 N–H and O–H groups in total. The van der Waals surface area contributed by atoms with Gasteiger partial charge in [-0.05, 0) is 52.4 Å². The van der Waals surface area contributed by atoms with Crippen LogP contribution in [-0.2, 0) is 12.7 Å². The molecule has 6 nitrogen and oxygen atoms in total. The average Bonchev–Trinajstić information content (AvgIpc) is 2.91. The van der Waals surface area contributed by atoms with Gasteiger partial charge in [0.1, 0.15) is 0 Å². The van der Waals surface area contributed by atoms with Crippen LogP contribution in [0.5, 0.6) is 0 Å². The summed E-state index contributed by atoms with van der Waals surface area (Å²) in [5.74, 6) is 0. The summed E-state index contributed by atoms with van der Waals surface area (Å²) in [6.45, 7) is 0.0967. The molecule has 130 valence electrons. The molecule has 3 rings (SSSR count). The predicted molar refractivity (Wildman–Crippen MR) is 85.6 cm³/mol. The van der Waals surface area contributed by atoms with Crippen LogP contribution in [-0.4, -0.2) is 19.8 Å². The maximum Gasteiger partial charge on any atom is 0.416 e. The molecule has 0 bridgehead atoms. The normalized spacial score (nSPS) is 11.7. The van der Waals surface area contributed by atoms with Gasteiger partial charge < -0.3 is 5.73 Å². The Balaban J connectivity index is 1.88. The zero-order valence-electron chi connectivity index (χ0n) is 12.5. The Morgan fingerprint density at radius 2 is 1.76 bits per heavy atom. The quantitative estimate of drug-likeness (QED) is 0.720. The summed E-state index contributed by atoms with van der Waals surface area (Å²) >= 11 is 5.93. The van der Waals surface area contributed by atoms with Gasteiger partial charge >= 0.3 is 11.9 Å². The standard InChI is InChI=1S/C15H11ClF3N5O/c16-12-7-9(1-6-13(12)20)8-23-14(25)24(22-21-23)11-4-2-10(3-5-11)15(17,18)19/h1-7H,8,20H2. The van der Waals surface area contributed by atoms with Crippen molar-refractivity contribution < 1.29 is 13.2 Å². The van der Waals surface area contributed by atoms with Crippen molar-refractivity contribution in [2.24, 2.45) is 0 Å². The lowest BCUT2D eigenvalue weighted by molar-refractivity contribution is -0.137. The second kappa shape index (κ2) is 6.25. The number of nitrogens with two attached hydrogens (primary N) is 1. The molecule has 0 aliphatic carbocycles. The predicted octanol–water partition coefficient (Wildman–Crippen LogP) is 2.73. The fourth-order valence-electron chi connectivity index (χ4n) is 2.17. The van der Waals surface area contributed by atoms with Crippen LogP contribution in [0, 0.1) is 0 Å². The highest BCUT2D eigenvalue weighted by Gasteiger charge is 2.30. The maximum atomic E-state index is 12.6. The minimum absolute atomic E-state index is 0.0967. The first kappa shape index (κ1) is 17.0. The van der Waals surface area contributed by atoms with E-state index in [1.807, 2.05) is 0 Å². The van der Waals surface area contributed by atoms with Crippen LogP contribution in [0.25, 0.3) is 5.69 Å². The van der Waals surface area contributed by atoms with Crippen LogP contribution in [0.2, 0.25) is 5.02 Å². The lowest BCUT2D eigenvalue weighted by atomic mass is 10.2. The smallest absolute Gasteiger partial charge is 0.398 e. The van der Waals surface area contributed by atoms with Crippen molar-refractivity contribution in [1.82, 2.24) is 19.8 Å². The molecule has 0 aliphatic heterocycles. The number of anilines is 1. The highest BCUT2D eigenvalue weighted by Crippen LogP contribution is 2.29. The number of nitrogen functional groups attached to an aromatic ring is 1. The molecule has 10 heteroatoms. The van der Waals surface area contributed by atoms with E-state index in [0.717, 1.165) is 33.6 Å². The molecule has 0 fully saturated rings. The van der Waals surface area contributed by atoms with Gasteiger partial charge in [-0.25, -0.2) is 4.79 Å². The molecule has 0 aliphatic rings. The Bertz CT molecular complexity index is 963. The number of hydrogen-bond acceptors (Lipinski definition) is 4. The Hall–Kier alpha value is -2.81. The fraction of sp³-hybridized carbons (Fsp3) is 0.133. The number of nitrogens with zero attached hydrogens (tertiary/aromatic N) is 4. The maximum absolute atomic E-state index is 12.6. The summed E-state index contributed by atoms with van der Waals surface area (Å²) in [6, 6.07) is 8.95. The van der Waals surface area contributed by atoms with Crippen molar-refractivity contribution in [3.05, 3.63) is 69.1 Å². The van der Waals surface area contributed by atoms with Crippen molar-refractivity contribution in [1.29, 1.82) is 0 Å². The fourth-order valence-corrected chi connectivity index (χ4v) is 2.37. The first-order valence-electron chi connectivity index (χ1n) is 7.00. The number of aromatic nitrogens is 4. The molecule has 0 saturated heterocycles. The highest BCUT2D eigenvalue weighted by atomic mass is 35.5. The van der Waals surface area contributed by atoms with Crippen molar-refractivity contribution in [2.75, 3.05) is 5.73 Å². The van der Waals surface area contributed by atoms with E-state index >= 15 is 0 Å². The van der Waals surface area contributed by atoms with Gasteiger partial charge in [0, 0.05) is 0 Å². The SMILES string of the molecule is Nc1ccc(Cn2nnn(-c3ccc(C(F)(F)F)cc3)c2=O)cc1Cl. The van der Waals surface area contributed by atoms with E-state index in [2.05, 4.69) is 10.4 Å². The van der Waals surface area contributed by atoms with Crippen molar-refractivity contribution >= 4 is 17.3 Å². The number of tetrazole rings is 1. The number of alkyl halides is 3. The van der Waals surface area contributed by atoms with E-state index in [1.165, 1.54) is 0 Å². The number of benzene rings is 2. The van der Waals surface area contributed by atoms with Gasteiger partial charge in [0.15, 0.2) is 0 Å². The van der Waals surface area contributed by atoms with Crippen LogP contribution in [0.4, 0.5) is 18.9 Å². The Labute approximate surface area is 144 Å². The minimum Gasteiger partial charge on any atom is -0.398 e. The van der Waals surface area contributed by atoms with Crippen molar-refractivity contribution in [2.45, 2.75) is 12.7 Å². The molecule has 25 heavy (non-hydrogen) atoms.